The molecule has 1 N–H and O–H groups in total. The predicted octanol–water partition coefficient (Wildman–Crippen LogP) is 0.929. The minimum Gasteiger partial charge on any atom is -0.342 e. The molecule has 2 aliphatic rings. The average Bonchev–Trinajstić information content (AvgIpc) is 3.00. The summed E-state index contributed by atoms with van der Waals surface area (Å²) in [5.41, 5.74) is 0. The van der Waals surface area contributed by atoms with Crippen LogP contribution in [0.5, 0.6) is 0 Å². The molecule has 0 aromatic rings. The smallest absolute Gasteiger partial charge is 0.224 e. The van der Waals surface area contributed by atoms with Crippen LogP contribution in [0.15, 0.2) is 0 Å². The van der Waals surface area contributed by atoms with Gasteiger partial charge in [0.05, 0.1) is 0 Å². The van der Waals surface area contributed by atoms with Gasteiger partial charge in [0, 0.05) is 32.1 Å². The maximum absolute atomic E-state index is 12.2. The highest BCUT2D eigenvalue weighted by atomic mass is 16.2. The van der Waals surface area contributed by atoms with E-state index in [1.165, 1.54) is 19.3 Å². The van der Waals surface area contributed by atoms with E-state index >= 15 is 0 Å². The van der Waals surface area contributed by atoms with Crippen molar-refractivity contribution < 1.29 is 4.79 Å². The van der Waals surface area contributed by atoms with Crippen molar-refractivity contribution in [3.63, 3.8) is 0 Å². The van der Waals surface area contributed by atoms with Gasteiger partial charge in [-0.05, 0) is 45.3 Å². The molecule has 2 unspecified atom stereocenters. The highest BCUT2D eigenvalue weighted by molar-refractivity contribution is 5.77. The van der Waals surface area contributed by atoms with E-state index in [9.17, 15) is 4.79 Å². The molecule has 2 atom stereocenters. The second-order valence-corrected chi connectivity index (χ2v) is 5.85. The van der Waals surface area contributed by atoms with Crippen molar-refractivity contribution in [1.29, 1.82) is 0 Å². The molecule has 0 aliphatic carbocycles. The van der Waals surface area contributed by atoms with Crippen LogP contribution in [0.1, 0.15) is 32.6 Å². The van der Waals surface area contributed by atoms with Crippen molar-refractivity contribution in [3.05, 3.63) is 0 Å². The van der Waals surface area contributed by atoms with Crippen LogP contribution in [0.2, 0.25) is 0 Å². The van der Waals surface area contributed by atoms with Gasteiger partial charge in [0.15, 0.2) is 0 Å². The van der Waals surface area contributed by atoms with Crippen molar-refractivity contribution >= 4 is 5.91 Å². The first-order valence-electron chi connectivity index (χ1n) is 7.38. The molecule has 4 nitrogen and oxygen atoms in total. The Morgan fingerprint density at radius 2 is 2.28 bits per heavy atom. The van der Waals surface area contributed by atoms with Crippen LogP contribution in [0.3, 0.4) is 0 Å². The standard InChI is InChI=1S/C14H27N3O/c1-3-16(2)10-12-6-8-17(11-12)14(18)9-13-5-4-7-15-13/h12-13,15H,3-11H2,1-2H3. The molecule has 0 bridgehead atoms. The summed E-state index contributed by atoms with van der Waals surface area (Å²) in [7, 11) is 2.16. The fraction of sp³-hybridized carbons (Fsp3) is 0.929. The van der Waals surface area contributed by atoms with Gasteiger partial charge < -0.3 is 15.1 Å². The van der Waals surface area contributed by atoms with Gasteiger partial charge >= 0.3 is 0 Å². The summed E-state index contributed by atoms with van der Waals surface area (Å²) in [6.45, 7) is 7.42. The summed E-state index contributed by atoms with van der Waals surface area (Å²) in [5, 5.41) is 3.41. The maximum Gasteiger partial charge on any atom is 0.224 e. The number of likely N-dealkylation sites (tertiary alicyclic amines) is 1. The molecule has 0 aromatic heterocycles. The first-order chi connectivity index (χ1) is 8.69. The first kappa shape index (κ1) is 13.8. The summed E-state index contributed by atoms with van der Waals surface area (Å²) in [6.07, 6.45) is 4.27. The first-order valence-corrected chi connectivity index (χ1v) is 7.38. The molecular formula is C14H27N3O. The molecule has 2 saturated heterocycles. The Balaban J connectivity index is 1.72. The fourth-order valence-electron chi connectivity index (χ4n) is 3.05. The van der Waals surface area contributed by atoms with Crippen molar-refractivity contribution in [1.82, 2.24) is 15.1 Å². The van der Waals surface area contributed by atoms with E-state index in [1.54, 1.807) is 0 Å². The molecule has 0 spiro atoms. The number of rotatable bonds is 5. The summed E-state index contributed by atoms with van der Waals surface area (Å²) < 4.78 is 0. The highest BCUT2D eigenvalue weighted by Gasteiger charge is 2.28. The Labute approximate surface area is 111 Å². The van der Waals surface area contributed by atoms with Gasteiger partial charge in [-0.2, -0.15) is 0 Å². The topological polar surface area (TPSA) is 35.6 Å². The molecule has 2 heterocycles. The quantitative estimate of drug-likeness (QED) is 0.792. The Kier molecular flexibility index (Phi) is 5.01. The minimum absolute atomic E-state index is 0.357. The Bertz CT molecular complexity index is 276. The molecule has 1 amide bonds. The normalized spacial score (nSPS) is 28.3. The minimum atomic E-state index is 0.357. The number of carbonyl (C=O) groups excluding carboxylic acids is 1. The van der Waals surface area contributed by atoms with Gasteiger partial charge in [-0.15, -0.1) is 0 Å². The number of carbonyl (C=O) groups is 1. The van der Waals surface area contributed by atoms with Crippen molar-refractivity contribution in [3.8, 4) is 0 Å². The van der Waals surface area contributed by atoms with Gasteiger partial charge in [0.1, 0.15) is 0 Å². The van der Waals surface area contributed by atoms with E-state index in [2.05, 4.69) is 29.1 Å². The van der Waals surface area contributed by atoms with E-state index in [1.807, 2.05) is 0 Å². The molecule has 0 aromatic carbocycles. The summed E-state index contributed by atoms with van der Waals surface area (Å²) in [4.78, 5) is 16.6. The largest absolute Gasteiger partial charge is 0.342 e. The monoisotopic (exact) mass is 253 g/mol. The summed E-state index contributed by atoms with van der Waals surface area (Å²) >= 11 is 0. The Morgan fingerprint density at radius 1 is 1.44 bits per heavy atom. The molecule has 18 heavy (non-hydrogen) atoms. The SMILES string of the molecule is CCN(C)CC1CCN(C(=O)CC2CCCN2)C1. The summed E-state index contributed by atoms with van der Waals surface area (Å²) in [5.74, 6) is 1.03. The van der Waals surface area contributed by atoms with Crippen LogP contribution >= 0.6 is 0 Å². The molecule has 2 rings (SSSR count). The highest BCUT2D eigenvalue weighted by Crippen LogP contribution is 2.19. The Hall–Kier alpha value is -0.610. The lowest BCUT2D eigenvalue weighted by atomic mass is 10.1. The van der Waals surface area contributed by atoms with Gasteiger partial charge in [-0.1, -0.05) is 6.92 Å². The van der Waals surface area contributed by atoms with E-state index in [4.69, 9.17) is 0 Å². The molecule has 4 heteroatoms. The number of nitrogens with one attached hydrogen (secondary N) is 1. The molecule has 0 saturated carbocycles. The van der Waals surface area contributed by atoms with E-state index in [0.29, 0.717) is 24.3 Å². The van der Waals surface area contributed by atoms with Gasteiger partial charge in [-0.25, -0.2) is 0 Å². The molecule has 2 aliphatic heterocycles. The summed E-state index contributed by atoms with van der Waals surface area (Å²) in [6, 6.07) is 0.440. The van der Waals surface area contributed by atoms with Crippen LogP contribution in [0, 0.1) is 5.92 Å². The second-order valence-electron chi connectivity index (χ2n) is 5.85. The van der Waals surface area contributed by atoms with Gasteiger partial charge in [0.25, 0.3) is 0 Å². The van der Waals surface area contributed by atoms with Crippen molar-refractivity contribution in [2.75, 3.05) is 39.8 Å². The van der Waals surface area contributed by atoms with Gasteiger partial charge in [-0.3, -0.25) is 4.79 Å². The third-order valence-electron chi connectivity index (χ3n) is 4.33. The molecular weight excluding hydrogens is 226 g/mol. The van der Waals surface area contributed by atoms with Crippen LogP contribution in [0.4, 0.5) is 0 Å². The number of nitrogens with zero attached hydrogens (tertiary/aromatic N) is 2. The van der Waals surface area contributed by atoms with E-state index in [-0.39, 0.29) is 0 Å². The third kappa shape index (κ3) is 3.69. The average molecular weight is 253 g/mol. The van der Waals surface area contributed by atoms with Crippen molar-refractivity contribution in [2.24, 2.45) is 5.92 Å². The second kappa shape index (κ2) is 6.53. The zero-order valence-corrected chi connectivity index (χ0v) is 11.8. The number of hydrogen-bond donors (Lipinski definition) is 1. The lowest BCUT2D eigenvalue weighted by Crippen LogP contribution is -2.35. The van der Waals surface area contributed by atoms with E-state index in [0.717, 1.165) is 32.7 Å². The van der Waals surface area contributed by atoms with Crippen LogP contribution in [-0.2, 0) is 4.79 Å². The zero-order valence-electron chi connectivity index (χ0n) is 11.8. The predicted molar refractivity (Wildman–Crippen MR) is 73.5 cm³/mol. The number of amides is 1. The Morgan fingerprint density at radius 3 is 2.94 bits per heavy atom. The molecule has 2 fully saturated rings. The molecule has 0 radical (unpaired) electrons. The van der Waals surface area contributed by atoms with Gasteiger partial charge in [0.2, 0.25) is 5.91 Å². The zero-order chi connectivity index (χ0) is 13.0. The van der Waals surface area contributed by atoms with E-state index < -0.39 is 0 Å². The fourth-order valence-corrected chi connectivity index (χ4v) is 3.05. The molecule has 104 valence electrons. The van der Waals surface area contributed by atoms with Crippen LogP contribution in [-0.4, -0.2) is 61.5 Å². The lowest BCUT2D eigenvalue weighted by Gasteiger charge is -2.21. The number of hydrogen-bond acceptors (Lipinski definition) is 3. The van der Waals surface area contributed by atoms with Crippen LogP contribution in [0.25, 0.3) is 0 Å². The third-order valence-corrected chi connectivity index (χ3v) is 4.33. The van der Waals surface area contributed by atoms with Crippen molar-refractivity contribution in [2.45, 2.75) is 38.6 Å². The lowest BCUT2D eigenvalue weighted by molar-refractivity contribution is -0.130. The van der Waals surface area contributed by atoms with Crippen LogP contribution < -0.4 is 5.32 Å². The maximum atomic E-state index is 12.2.